The van der Waals surface area contributed by atoms with Crippen molar-refractivity contribution in [1.82, 2.24) is 14.5 Å². The van der Waals surface area contributed by atoms with Gasteiger partial charge in [0.1, 0.15) is 10.8 Å². The molecule has 0 spiro atoms. The zero-order valence-electron chi connectivity index (χ0n) is 11.5. The first-order valence-electron chi connectivity index (χ1n) is 6.32. The van der Waals surface area contributed by atoms with Gasteiger partial charge in [0.25, 0.3) is 0 Å². The van der Waals surface area contributed by atoms with E-state index in [1.54, 1.807) is 10.8 Å². The van der Waals surface area contributed by atoms with E-state index < -0.39 is 5.97 Å². The summed E-state index contributed by atoms with van der Waals surface area (Å²) in [6.45, 7) is 1.34. The number of hydrogen-bond acceptors (Lipinski definition) is 4. The third-order valence-corrected chi connectivity index (χ3v) is 3.30. The third kappa shape index (κ3) is 2.48. The van der Waals surface area contributed by atoms with Crippen LogP contribution in [0.3, 0.4) is 0 Å². The lowest BCUT2D eigenvalue weighted by Crippen LogP contribution is -2.01. The SMILES string of the molecule is CC(=O)Oc1cn(C)c2nc(-c3ccccc3)nc(Cl)c12. The van der Waals surface area contributed by atoms with E-state index in [4.69, 9.17) is 16.3 Å². The molecule has 0 bridgehead atoms. The Morgan fingerprint density at radius 1 is 1.24 bits per heavy atom. The van der Waals surface area contributed by atoms with Gasteiger partial charge in [-0.15, -0.1) is 0 Å². The second-order valence-corrected chi connectivity index (χ2v) is 4.96. The highest BCUT2D eigenvalue weighted by Crippen LogP contribution is 2.33. The normalized spacial score (nSPS) is 10.8. The zero-order chi connectivity index (χ0) is 15.0. The summed E-state index contributed by atoms with van der Waals surface area (Å²) in [4.78, 5) is 20.0. The number of halogens is 1. The molecule has 3 aromatic rings. The number of carbonyl (C=O) groups excluding carboxylic acids is 1. The Labute approximate surface area is 126 Å². The van der Waals surface area contributed by atoms with E-state index >= 15 is 0 Å². The van der Waals surface area contributed by atoms with E-state index in [1.165, 1.54) is 6.92 Å². The summed E-state index contributed by atoms with van der Waals surface area (Å²) >= 11 is 6.26. The monoisotopic (exact) mass is 301 g/mol. The lowest BCUT2D eigenvalue weighted by Gasteiger charge is -2.04. The largest absolute Gasteiger partial charge is 0.424 e. The molecule has 0 aliphatic carbocycles. The van der Waals surface area contributed by atoms with Crippen molar-refractivity contribution in [2.75, 3.05) is 0 Å². The fraction of sp³-hybridized carbons (Fsp3) is 0.133. The van der Waals surface area contributed by atoms with E-state index in [2.05, 4.69) is 9.97 Å². The molecule has 0 fully saturated rings. The van der Waals surface area contributed by atoms with Crippen molar-refractivity contribution in [3.63, 3.8) is 0 Å². The van der Waals surface area contributed by atoms with Gasteiger partial charge in [0.05, 0.1) is 5.39 Å². The maximum atomic E-state index is 11.2. The average molecular weight is 302 g/mol. The van der Waals surface area contributed by atoms with Crippen LogP contribution in [0.15, 0.2) is 36.5 Å². The van der Waals surface area contributed by atoms with Crippen LogP contribution in [0.5, 0.6) is 5.75 Å². The number of carbonyl (C=O) groups is 1. The van der Waals surface area contributed by atoms with E-state index in [1.807, 2.05) is 37.4 Å². The van der Waals surface area contributed by atoms with Gasteiger partial charge in [0, 0.05) is 25.7 Å². The predicted octanol–water partition coefficient (Wildman–Crippen LogP) is 3.21. The van der Waals surface area contributed by atoms with Crippen LogP contribution in [0.4, 0.5) is 0 Å². The molecule has 0 radical (unpaired) electrons. The summed E-state index contributed by atoms with van der Waals surface area (Å²) in [5.74, 6) is 0.485. The van der Waals surface area contributed by atoms with Gasteiger partial charge in [-0.1, -0.05) is 41.9 Å². The van der Waals surface area contributed by atoms with Crippen molar-refractivity contribution in [2.24, 2.45) is 7.05 Å². The van der Waals surface area contributed by atoms with Crippen molar-refractivity contribution in [2.45, 2.75) is 6.92 Å². The molecule has 0 amide bonds. The molecule has 2 aromatic heterocycles. The molecule has 0 aliphatic rings. The smallest absolute Gasteiger partial charge is 0.308 e. The van der Waals surface area contributed by atoms with E-state index in [9.17, 15) is 4.79 Å². The minimum atomic E-state index is -0.411. The average Bonchev–Trinajstić information content (AvgIpc) is 2.76. The van der Waals surface area contributed by atoms with Crippen LogP contribution in [0.2, 0.25) is 5.15 Å². The van der Waals surface area contributed by atoms with Crippen molar-refractivity contribution < 1.29 is 9.53 Å². The second-order valence-electron chi connectivity index (χ2n) is 4.60. The first-order valence-corrected chi connectivity index (χ1v) is 6.70. The van der Waals surface area contributed by atoms with Crippen LogP contribution in [-0.4, -0.2) is 20.5 Å². The molecule has 1 aromatic carbocycles. The number of aromatic nitrogens is 3. The van der Waals surface area contributed by atoms with Gasteiger partial charge in [-0.2, -0.15) is 0 Å². The standard InChI is InChI=1S/C15H12ClN3O2/c1-9(20)21-11-8-19(2)15-12(11)13(16)17-14(18-15)10-6-4-3-5-7-10/h3-8H,1-2H3. The molecule has 0 saturated carbocycles. The fourth-order valence-electron chi connectivity index (χ4n) is 2.14. The maximum Gasteiger partial charge on any atom is 0.308 e. The van der Waals surface area contributed by atoms with Crippen molar-refractivity contribution >= 4 is 28.6 Å². The van der Waals surface area contributed by atoms with Crippen LogP contribution in [-0.2, 0) is 11.8 Å². The number of esters is 1. The molecular formula is C15H12ClN3O2. The zero-order valence-corrected chi connectivity index (χ0v) is 12.3. The molecule has 21 heavy (non-hydrogen) atoms. The summed E-state index contributed by atoms with van der Waals surface area (Å²) < 4.78 is 6.91. The van der Waals surface area contributed by atoms with E-state index in [0.717, 1.165) is 5.56 Å². The molecule has 0 aliphatic heterocycles. The minimum Gasteiger partial charge on any atom is -0.424 e. The van der Waals surface area contributed by atoms with Gasteiger partial charge in [-0.05, 0) is 0 Å². The summed E-state index contributed by atoms with van der Waals surface area (Å²) in [6.07, 6.45) is 1.67. The van der Waals surface area contributed by atoms with Crippen LogP contribution in [0.1, 0.15) is 6.92 Å². The highest BCUT2D eigenvalue weighted by molar-refractivity contribution is 6.34. The highest BCUT2D eigenvalue weighted by Gasteiger charge is 2.17. The number of hydrogen-bond donors (Lipinski definition) is 0. The van der Waals surface area contributed by atoms with Gasteiger partial charge in [0.15, 0.2) is 11.6 Å². The third-order valence-electron chi connectivity index (χ3n) is 3.02. The number of aryl methyl sites for hydroxylation is 1. The van der Waals surface area contributed by atoms with Gasteiger partial charge in [-0.3, -0.25) is 4.79 Å². The van der Waals surface area contributed by atoms with Gasteiger partial charge in [-0.25, -0.2) is 9.97 Å². The summed E-state index contributed by atoms with van der Waals surface area (Å²) in [5, 5.41) is 0.796. The van der Waals surface area contributed by atoms with Crippen molar-refractivity contribution in [3.05, 3.63) is 41.7 Å². The Morgan fingerprint density at radius 3 is 2.62 bits per heavy atom. The molecule has 0 N–H and O–H groups in total. The summed E-state index contributed by atoms with van der Waals surface area (Å²) in [6, 6.07) is 9.56. The van der Waals surface area contributed by atoms with E-state index in [-0.39, 0.29) is 5.15 Å². The van der Waals surface area contributed by atoms with Crippen LogP contribution in [0.25, 0.3) is 22.4 Å². The second kappa shape index (κ2) is 5.18. The van der Waals surface area contributed by atoms with Crippen molar-refractivity contribution in [3.8, 4) is 17.1 Å². The van der Waals surface area contributed by atoms with E-state index in [0.29, 0.717) is 22.6 Å². The first-order chi connectivity index (χ1) is 10.1. The number of rotatable bonds is 2. The van der Waals surface area contributed by atoms with Crippen LogP contribution in [0, 0.1) is 0 Å². The molecule has 3 rings (SSSR count). The lowest BCUT2D eigenvalue weighted by atomic mass is 10.2. The number of benzene rings is 1. The van der Waals surface area contributed by atoms with Gasteiger partial charge < -0.3 is 9.30 Å². The quantitative estimate of drug-likeness (QED) is 0.539. The van der Waals surface area contributed by atoms with Gasteiger partial charge >= 0.3 is 5.97 Å². The molecule has 0 saturated heterocycles. The van der Waals surface area contributed by atoms with Crippen LogP contribution < -0.4 is 4.74 Å². The Balaban J connectivity index is 2.22. The Kier molecular flexibility index (Phi) is 3.35. The Hall–Kier alpha value is -2.40. The molecule has 5 nitrogen and oxygen atoms in total. The minimum absolute atomic E-state index is 0.260. The Bertz CT molecular complexity index is 828. The van der Waals surface area contributed by atoms with Crippen molar-refractivity contribution in [1.29, 1.82) is 0 Å². The number of ether oxygens (including phenoxy) is 1. The molecule has 0 unspecified atom stereocenters. The number of fused-ring (bicyclic) bond motifs is 1. The summed E-state index contributed by atoms with van der Waals surface area (Å²) in [5.41, 5.74) is 1.49. The molecule has 2 heterocycles. The Morgan fingerprint density at radius 2 is 1.95 bits per heavy atom. The topological polar surface area (TPSA) is 57.0 Å². The maximum absolute atomic E-state index is 11.2. The molecular weight excluding hydrogens is 290 g/mol. The highest BCUT2D eigenvalue weighted by atomic mass is 35.5. The molecule has 6 heteroatoms. The van der Waals surface area contributed by atoms with Gasteiger partial charge in [0.2, 0.25) is 0 Å². The summed E-state index contributed by atoms with van der Waals surface area (Å²) in [7, 11) is 1.81. The fourth-order valence-corrected chi connectivity index (χ4v) is 2.40. The first kappa shape index (κ1) is 13.6. The molecule has 106 valence electrons. The number of nitrogens with zero attached hydrogens (tertiary/aromatic N) is 3. The predicted molar refractivity (Wildman–Crippen MR) is 80.3 cm³/mol. The lowest BCUT2D eigenvalue weighted by molar-refractivity contribution is -0.131. The molecule has 0 atom stereocenters. The van der Waals surface area contributed by atoms with Crippen LogP contribution >= 0.6 is 11.6 Å².